The van der Waals surface area contributed by atoms with Crippen molar-refractivity contribution in [3.63, 3.8) is 0 Å². The average molecular weight is 316 g/mol. The Hall–Kier alpha value is -0.120. The van der Waals surface area contributed by atoms with Gasteiger partial charge in [0, 0.05) is 16.8 Å². The summed E-state index contributed by atoms with van der Waals surface area (Å²) >= 11 is 5.32. The largest absolute Gasteiger partial charge is 0.312 e. The van der Waals surface area contributed by atoms with Crippen LogP contribution in [0.4, 0.5) is 0 Å². The van der Waals surface area contributed by atoms with Crippen LogP contribution >= 0.6 is 27.3 Å². The van der Waals surface area contributed by atoms with Gasteiger partial charge >= 0.3 is 0 Å². The molecule has 0 aliphatic heterocycles. The first-order valence-corrected chi connectivity index (χ1v) is 7.62. The van der Waals surface area contributed by atoms with Crippen molar-refractivity contribution < 1.29 is 0 Å². The molecule has 3 heteroatoms. The number of halogens is 1. The zero-order chi connectivity index (χ0) is 12.9. The Balaban J connectivity index is 2.30. The standard InChI is InChI=1S/C14H22BrNS/c1-11(6-5-9-16-14(2,3)4)10-12-7-8-13(15)17-12/h6-8,16H,5,9-10H2,1-4H3. The minimum absolute atomic E-state index is 0.223. The van der Waals surface area contributed by atoms with Gasteiger partial charge in [-0.25, -0.2) is 0 Å². The maximum absolute atomic E-state index is 3.50. The average Bonchev–Trinajstić information content (AvgIpc) is 2.57. The fourth-order valence-corrected chi connectivity index (χ4v) is 3.14. The molecule has 1 N–H and O–H groups in total. The maximum Gasteiger partial charge on any atom is 0.0701 e. The summed E-state index contributed by atoms with van der Waals surface area (Å²) in [4.78, 5) is 1.43. The molecule has 0 atom stereocenters. The molecule has 1 rings (SSSR count). The van der Waals surface area contributed by atoms with E-state index in [1.165, 1.54) is 14.2 Å². The topological polar surface area (TPSA) is 12.0 Å². The van der Waals surface area contributed by atoms with Crippen LogP contribution in [0, 0.1) is 0 Å². The van der Waals surface area contributed by atoms with Crippen LogP contribution in [-0.2, 0) is 6.42 Å². The smallest absolute Gasteiger partial charge is 0.0701 e. The van der Waals surface area contributed by atoms with Crippen LogP contribution in [0.5, 0.6) is 0 Å². The van der Waals surface area contributed by atoms with Crippen molar-refractivity contribution in [3.8, 4) is 0 Å². The third-order valence-electron chi connectivity index (χ3n) is 2.37. The highest BCUT2D eigenvalue weighted by atomic mass is 79.9. The van der Waals surface area contributed by atoms with E-state index < -0.39 is 0 Å². The first-order valence-electron chi connectivity index (χ1n) is 6.02. The molecule has 0 fully saturated rings. The van der Waals surface area contributed by atoms with Crippen LogP contribution in [0.2, 0.25) is 0 Å². The van der Waals surface area contributed by atoms with Gasteiger partial charge in [0.1, 0.15) is 0 Å². The summed E-state index contributed by atoms with van der Waals surface area (Å²) in [5.74, 6) is 0. The van der Waals surface area contributed by atoms with Crippen LogP contribution in [0.1, 0.15) is 39.0 Å². The molecule has 0 aliphatic rings. The maximum atomic E-state index is 3.50. The Bertz CT molecular complexity index is 374. The number of nitrogens with one attached hydrogen (secondary N) is 1. The molecule has 0 radical (unpaired) electrons. The van der Waals surface area contributed by atoms with Crippen molar-refractivity contribution in [2.24, 2.45) is 0 Å². The third kappa shape index (κ3) is 7.02. The molecule has 96 valence electrons. The van der Waals surface area contributed by atoms with Crippen LogP contribution in [0.3, 0.4) is 0 Å². The van der Waals surface area contributed by atoms with E-state index >= 15 is 0 Å². The zero-order valence-corrected chi connectivity index (χ0v) is 13.5. The van der Waals surface area contributed by atoms with E-state index in [9.17, 15) is 0 Å². The summed E-state index contributed by atoms with van der Waals surface area (Å²) in [6.07, 6.45) is 4.52. The fraction of sp³-hybridized carbons (Fsp3) is 0.571. The highest BCUT2D eigenvalue weighted by Crippen LogP contribution is 2.24. The molecule has 0 spiro atoms. The first-order chi connectivity index (χ1) is 7.87. The Morgan fingerprint density at radius 2 is 2.12 bits per heavy atom. The van der Waals surface area contributed by atoms with E-state index in [-0.39, 0.29) is 5.54 Å². The Kier molecular flexibility index (Phi) is 5.90. The molecule has 17 heavy (non-hydrogen) atoms. The molecule has 0 bridgehead atoms. The summed E-state index contributed by atoms with van der Waals surface area (Å²) in [6, 6.07) is 4.31. The molecule has 0 unspecified atom stereocenters. The molecule has 0 amide bonds. The highest BCUT2D eigenvalue weighted by molar-refractivity contribution is 9.11. The molecule has 1 aromatic rings. The van der Waals surface area contributed by atoms with Gasteiger partial charge in [-0.05, 0) is 68.7 Å². The second-order valence-corrected chi connectivity index (χ2v) is 7.95. The van der Waals surface area contributed by atoms with Gasteiger partial charge in [-0.1, -0.05) is 11.6 Å². The second-order valence-electron chi connectivity index (χ2n) is 5.40. The predicted octanol–water partition coefficient (Wildman–Crippen LogP) is 4.78. The molecule has 0 saturated heterocycles. The number of hydrogen-bond donors (Lipinski definition) is 1. The van der Waals surface area contributed by atoms with Crippen LogP contribution < -0.4 is 5.32 Å². The van der Waals surface area contributed by atoms with E-state index in [0.29, 0.717) is 0 Å². The first kappa shape index (κ1) is 14.9. The van der Waals surface area contributed by atoms with Gasteiger partial charge in [0.15, 0.2) is 0 Å². The summed E-state index contributed by atoms with van der Waals surface area (Å²) in [5.41, 5.74) is 1.68. The van der Waals surface area contributed by atoms with Gasteiger partial charge in [-0.15, -0.1) is 11.3 Å². The van der Waals surface area contributed by atoms with E-state index in [2.05, 4.69) is 67.2 Å². The third-order valence-corrected chi connectivity index (χ3v) is 4.00. The molecular formula is C14H22BrNS. The molecule has 0 aromatic carbocycles. The summed E-state index contributed by atoms with van der Waals surface area (Å²) in [5, 5.41) is 3.50. The SMILES string of the molecule is CC(=CCCNC(C)(C)C)Cc1ccc(Br)s1. The molecule has 1 aromatic heterocycles. The molecule has 1 nitrogen and oxygen atoms in total. The minimum Gasteiger partial charge on any atom is -0.312 e. The zero-order valence-electron chi connectivity index (χ0n) is 11.1. The van der Waals surface area contributed by atoms with Crippen LogP contribution in [-0.4, -0.2) is 12.1 Å². The number of allylic oxidation sites excluding steroid dienone is 1. The van der Waals surface area contributed by atoms with Crippen molar-refractivity contribution in [3.05, 3.63) is 32.4 Å². The van der Waals surface area contributed by atoms with Gasteiger partial charge in [0.2, 0.25) is 0 Å². The monoisotopic (exact) mass is 315 g/mol. The van der Waals surface area contributed by atoms with Gasteiger partial charge in [0.25, 0.3) is 0 Å². The lowest BCUT2D eigenvalue weighted by Gasteiger charge is -2.19. The van der Waals surface area contributed by atoms with Crippen LogP contribution in [0.15, 0.2) is 27.6 Å². The summed E-state index contributed by atoms with van der Waals surface area (Å²) in [6.45, 7) is 9.87. The number of hydrogen-bond acceptors (Lipinski definition) is 2. The molecule has 1 heterocycles. The van der Waals surface area contributed by atoms with E-state index in [1.807, 2.05) is 11.3 Å². The van der Waals surface area contributed by atoms with Crippen molar-refractivity contribution in [1.82, 2.24) is 5.32 Å². The van der Waals surface area contributed by atoms with Gasteiger partial charge in [-0.3, -0.25) is 0 Å². The normalized spacial score (nSPS) is 13.1. The molecular weight excluding hydrogens is 294 g/mol. The number of thiophene rings is 1. The highest BCUT2D eigenvalue weighted by Gasteiger charge is 2.06. The Labute approximate surface area is 117 Å². The lowest BCUT2D eigenvalue weighted by molar-refractivity contribution is 0.431. The molecule has 0 aliphatic carbocycles. The van der Waals surface area contributed by atoms with Crippen LogP contribution in [0.25, 0.3) is 0 Å². The Morgan fingerprint density at radius 3 is 2.65 bits per heavy atom. The van der Waals surface area contributed by atoms with Gasteiger partial charge < -0.3 is 5.32 Å². The van der Waals surface area contributed by atoms with Gasteiger partial charge in [-0.2, -0.15) is 0 Å². The van der Waals surface area contributed by atoms with Crippen molar-refractivity contribution >= 4 is 27.3 Å². The van der Waals surface area contributed by atoms with Crippen molar-refractivity contribution in [1.29, 1.82) is 0 Å². The quantitative estimate of drug-likeness (QED) is 0.609. The van der Waals surface area contributed by atoms with E-state index in [1.54, 1.807) is 0 Å². The minimum atomic E-state index is 0.223. The Morgan fingerprint density at radius 1 is 1.41 bits per heavy atom. The lowest BCUT2D eigenvalue weighted by Crippen LogP contribution is -2.36. The van der Waals surface area contributed by atoms with Gasteiger partial charge in [0.05, 0.1) is 3.79 Å². The predicted molar refractivity (Wildman–Crippen MR) is 81.9 cm³/mol. The molecule has 0 saturated carbocycles. The van der Waals surface area contributed by atoms with E-state index in [0.717, 1.165) is 19.4 Å². The lowest BCUT2D eigenvalue weighted by atomic mass is 10.1. The summed E-state index contributed by atoms with van der Waals surface area (Å²) in [7, 11) is 0. The second kappa shape index (κ2) is 6.72. The fourth-order valence-electron chi connectivity index (χ4n) is 1.56. The number of rotatable bonds is 5. The van der Waals surface area contributed by atoms with Crippen molar-refractivity contribution in [2.45, 2.75) is 46.1 Å². The van der Waals surface area contributed by atoms with Crippen molar-refractivity contribution in [2.75, 3.05) is 6.54 Å². The summed E-state index contributed by atoms with van der Waals surface area (Å²) < 4.78 is 1.22. The van der Waals surface area contributed by atoms with E-state index in [4.69, 9.17) is 0 Å².